The normalized spacial score (nSPS) is 10.9. The van der Waals surface area contributed by atoms with Crippen molar-refractivity contribution in [2.45, 2.75) is 27.7 Å². The van der Waals surface area contributed by atoms with E-state index in [2.05, 4.69) is 20.4 Å². The number of nitrogens with zero attached hydrogens (tertiary/aromatic N) is 4. The van der Waals surface area contributed by atoms with Crippen LogP contribution in [-0.4, -0.2) is 25.7 Å². The van der Waals surface area contributed by atoms with Crippen LogP contribution >= 0.6 is 11.3 Å². The predicted octanol–water partition coefficient (Wildman–Crippen LogP) is 3.35. The number of hydrogen-bond acceptors (Lipinski definition) is 5. The standard InChI is InChI=1S/C16H16FN5OS/c1-8-7-12(17)5-6-13(8)22-16(19-10(3)21-22)20-15(23)14-9(2)18-11(4)24-14/h5-7H,1-4H3,(H,19,20,21,23). The van der Waals surface area contributed by atoms with Gasteiger partial charge in [0.25, 0.3) is 5.91 Å². The second-order valence-corrected chi connectivity index (χ2v) is 6.63. The predicted molar refractivity (Wildman–Crippen MR) is 90.3 cm³/mol. The van der Waals surface area contributed by atoms with Crippen LogP contribution in [0.15, 0.2) is 18.2 Å². The average molecular weight is 345 g/mol. The highest BCUT2D eigenvalue weighted by atomic mass is 32.1. The molecule has 3 aromatic rings. The van der Waals surface area contributed by atoms with Gasteiger partial charge in [-0.1, -0.05) is 0 Å². The fourth-order valence-corrected chi connectivity index (χ4v) is 3.24. The first-order valence-corrected chi connectivity index (χ1v) is 8.12. The minimum absolute atomic E-state index is 0.286. The minimum atomic E-state index is -0.325. The van der Waals surface area contributed by atoms with Crippen molar-refractivity contribution >= 4 is 23.2 Å². The number of amides is 1. The molecule has 1 aromatic carbocycles. The Morgan fingerprint density at radius 1 is 1.21 bits per heavy atom. The van der Waals surface area contributed by atoms with Crippen LogP contribution < -0.4 is 5.32 Å². The Hall–Kier alpha value is -2.61. The zero-order chi connectivity index (χ0) is 17.4. The molecule has 0 fully saturated rings. The molecule has 0 spiro atoms. The van der Waals surface area contributed by atoms with Crippen molar-refractivity contribution in [2.75, 3.05) is 5.32 Å². The molecule has 0 aliphatic carbocycles. The van der Waals surface area contributed by atoms with E-state index in [0.29, 0.717) is 27.6 Å². The lowest BCUT2D eigenvalue weighted by Crippen LogP contribution is -2.16. The molecule has 0 saturated carbocycles. The molecular weight excluding hydrogens is 329 g/mol. The van der Waals surface area contributed by atoms with Gasteiger partial charge in [0.05, 0.1) is 16.4 Å². The van der Waals surface area contributed by atoms with Crippen LogP contribution in [0.3, 0.4) is 0 Å². The number of rotatable bonds is 3. The van der Waals surface area contributed by atoms with Crippen molar-refractivity contribution in [2.24, 2.45) is 0 Å². The summed E-state index contributed by atoms with van der Waals surface area (Å²) >= 11 is 1.33. The quantitative estimate of drug-likeness (QED) is 0.790. The Kier molecular flexibility index (Phi) is 4.15. The van der Waals surface area contributed by atoms with E-state index in [1.807, 2.05) is 6.92 Å². The maximum atomic E-state index is 13.3. The third-order valence-electron chi connectivity index (χ3n) is 3.44. The fourth-order valence-electron chi connectivity index (χ4n) is 2.42. The molecule has 2 heterocycles. The molecule has 0 bridgehead atoms. The third-order valence-corrected chi connectivity index (χ3v) is 4.51. The highest BCUT2D eigenvalue weighted by Crippen LogP contribution is 2.22. The molecule has 1 N–H and O–H groups in total. The van der Waals surface area contributed by atoms with Gasteiger partial charge in [-0.3, -0.25) is 10.1 Å². The molecule has 0 aliphatic rings. The minimum Gasteiger partial charge on any atom is -0.290 e. The highest BCUT2D eigenvalue weighted by molar-refractivity contribution is 7.13. The van der Waals surface area contributed by atoms with Gasteiger partial charge in [-0.2, -0.15) is 9.67 Å². The largest absolute Gasteiger partial charge is 0.290 e. The van der Waals surface area contributed by atoms with E-state index in [0.717, 1.165) is 5.01 Å². The van der Waals surface area contributed by atoms with Gasteiger partial charge >= 0.3 is 0 Å². The molecule has 2 aromatic heterocycles. The van der Waals surface area contributed by atoms with Gasteiger partial charge in [0, 0.05) is 0 Å². The second-order valence-electron chi connectivity index (χ2n) is 5.43. The lowest BCUT2D eigenvalue weighted by atomic mass is 10.2. The molecule has 1 amide bonds. The first-order chi connectivity index (χ1) is 11.3. The van der Waals surface area contributed by atoms with Crippen LogP contribution in [0.1, 0.15) is 31.8 Å². The summed E-state index contributed by atoms with van der Waals surface area (Å²) in [5.41, 5.74) is 2.03. The summed E-state index contributed by atoms with van der Waals surface area (Å²) in [5, 5.41) is 7.89. The van der Waals surface area contributed by atoms with E-state index >= 15 is 0 Å². The molecule has 24 heavy (non-hydrogen) atoms. The topological polar surface area (TPSA) is 72.7 Å². The lowest BCUT2D eigenvalue weighted by molar-refractivity contribution is 0.102. The second kappa shape index (κ2) is 6.12. The Labute approximate surface area is 142 Å². The van der Waals surface area contributed by atoms with E-state index < -0.39 is 0 Å². The van der Waals surface area contributed by atoms with E-state index in [9.17, 15) is 9.18 Å². The SMILES string of the molecule is Cc1nc(NC(=O)c2sc(C)nc2C)n(-c2ccc(F)cc2C)n1. The summed E-state index contributed by atoms with van der Waals surface area (Å²) < 4.78 is 14.8. The third kappa shape index (κ3) is 3.05. The van der Waals surface area contributed by atoms with Crippen LogP contribution in [0, 0.1) is 33.5 Å². The van der Waals surface area contributed by atoms with Gasteiger partial charge < -0.3 is 0 Å². The maximum absolute atomic E-state index is 13.3. The van der Waals surface area contributed by atoms with E-state index in [1.54, 1.807) is 26.8 Å². The van der Waals surface area contributed by atoms with Crippen LogP contribution in [0.5, 0.6) is 0 Å². The van der Waals surface area contributed by atoms with Crippen molar-refractivity contribution < 1.29 is 9.18 Å². The molecule has 0 aliphatic heterocycles. The molecule has 8 heteroatoms. The van der Waals surface area contributed by atoms with Gasteiger partial charge in [0.1, 0.15) is 16.5 Å². The molecule has 0 radical (unpaired) electrons. The average Bonchev–Trinajstić information content (AvgIpc) is 3.01. The number of nitrogens with one attached hydrogen (secondary N) is 1. The summed E-state index contributed by atoms with van der Waals surface area (Å²) in [6.07, 6.45) is 0. The molecule has 6 nitrogen and oxygen atoms in total. The number of benzene rings is 1. The highest BCUT2D eigenvalue weighted by Gasteiger charge is 2.18. The Morgan fingerprint density at radius 3 is 2.58 bits per heavy atom. The number of aromatic nitrogens is 4. The summed E-state index contributed by atoms with van der Waals surface area (Å²) in [4.78, 5) is 21.6. The van der Waals surface area contributed by atoms with Crippen LogP contribution in [-0.2, 0) is 0 Å². The monoisotopic (exact) mass is 345 g/mol. The first-order valence-electron chi connectivity index (χ1n) is 7.30. The van der Waals surface area contributed by atoms with Crippen molar-refractivity contribution in [3.63, 3.8) is 0 Å². The summed E-state index contributed by atoms with van der Waals surface area (Å²) in [6.45, 7) is 7.15. The number of halogens is 1. The van der Waals surface area contributed by atoms with Crippen LogP contribution in [0.4, 0.5) is 10.3 Å². The number of aryl methyl sites for hydroxylation is 4. The molecular formula is C16H16FN5OS. The number of anilines is 1. The van der Waals surface area contributed by atoms with E-state index in [4.69, 9.17) is 0 Å². The van der Waals surface area contributed by atoms with E-state index in [1.165, 1.54) is 28.2 Å². The smallest absolute Gasteiger partial charge is 0.270 e. The zero-order valence-corrected chi connectivity index (χ0v) is 14.5. The van der Waals surface area contributed by atoms with Crippen molar-refractivity contribution in [3.05, 3.63) is 51.0 Å². The van der Waals surface area contributed by atoms with Crippen LogP contribution in [0.2, 0.25) is 0 Å². The van der Waals surface area contributed by atoms with Crippen LogP contribution in [0.25, 0.3) is 5.69 Å². The fraction of sp³-hybridized carbons (Fsp3) is 0.250. The summed E-state index contributed by atoms with van der Waals surface area (Å²) in [6, 6.07) is 4.37. The molecule has 0 unspecified atom stereocenters. The Bertz CT molecular complexity index is 931. The maximum Gasteiger partial charge on any atom is 0.270 e. The van der Waals surface area contributed by atoms with Crippen molar-refractivity contribution in [3.8, 4) is 5.69 Å². The van der Waals surface area contributed by atoms with Gasteiger partial charge in [-0.15, -0.1) is 16.4 Å². The first kappa shape index (κ1) is 16.3. The Balaban J connectivity index is 1.98. The molecule has 0 saturated heterocycles. The summed E-state index contributed by atoms with van der Waals surface area (Å²) in [5.74, 6) is 0.185. The number of carbonyl (C=O) groups is 1. The zero-order valence-electron chi connectivity index (χ0n) is 13.7. The van der Waals surface area contributed by atoms with E-state index in [-0.39, 0.29) is 17.7 Å². The van der Waals surface area contributed by atoms with Gasteiger partial charge in [0.15, 0.2) is 0 Å². The molecule has 0 atom stereocenters. The number of hydrogen-bond donors (Lipinski definition) is 1. The van der Waals surface area contributed by atoms with Gasteiger partial charge in [0.2, 0.25) is 5.95 Å². The van der Waals surface area contributed by atoms with Crippen molar-refractivity contribution in [1.29, 1.82) is 0 Å². The molecule has 3 rings (SSSR count). The number of carbonyl (C=O) groups excluding carboxylic acids is 1. The summed E-state index contributed by atoms with van der Waals surface area (Å²) in [7, 11) is 0. The Morgan fingerprint density at radius 2 is 1.96 bits per heavy atom. The lowest BCUT2D eigenvalue weighted by Gasteiger charge is -2.09. The van der Waals surface area contributed by atoms with Gasteiger partial charge in [-0.05, 0) is 51.5 Å². The van der Waals surface area contributed by atoms with Gasteiger partial charge in [-0.25, -0.2) is 9.37 Å². The number of thiazole rings is 1. The molecule has 124 valence electrons. The van der Waals surface area contributed by atoms with Crippen molar-refractivity contribution in [1.82, 2.24) is 19.7 Å².